The molecule has 1 saturated carbocycles. The molecule has 196 valence electrons. The van der Waals surface area contributed by atoms with Crippen molar-refractivity contribution in [3.63, 3.8) is 0 Å². The molecule has 1 saturated heterocycles. The molecule has 3 aromatic heterocycles. The number of benzene rings is 1. The highest BCUT2D eigenvalue weighted by atomic mass is 19.1. The van der Waals surface area contributed by atoms with Crippen molar-refractivity contribution in [3.8, 4) is 11.1 Å². The third-order valence-corrected chi connectivity index (χ3v) is 7.69. The van der Waals surface area contributed by atoms with Crippen molar-refractivity contribution >= 4 is 22.8 Å². The SMILES string of the molecule is O=C(NC1CCC(Nc2cc(-c3c[nH]c4ncccc34)cc(=O)[nH]2)CC1)C1CN(Cc2ccc(F)cc2)C1. The zero-order chi connectivity index (χ0) is 26.1. The van der Waals surface area contributed by atoms with Crippen LogP contribution in [0.5, 0.6) is 0 Å². The van der Waals surface area contributed by atoms with E-state index in [-0.39, 0.29) is 35.3 Å². The van der Waals surface area contributed by atoms with E-state index in [0.29, 0.717) is 5.82 Å². The van der Waals surface area contributed by atoms with Gasteiger partial charge in [-0.05, 0) is 67.1 Å². The first-order valence-electron chi connectivity index (χ1n) is 13.2. The quantitative estimate of drug-likeness (QED) is 0.298. The van der Waals surface area contributed by atoms with Crippen LogP contribution in [0.4, 0.5) is 10.2 Å². The lowest BCUT2D eigenvalue weighted by atomic mass is 9.90. The topological polar surface area (TPSA) is 106 Å². The van der Waals surface area contributed by atoms with Crippen LogP contribution in [0.3, 0.4) is 0 Å². The molecule has 1 aliphatic heterocycles. The predicted octanol–water partition coefficient (Wildman–Crippen LogP) is 4.03. The van der Waals surface area contributed by atoms with Crippen LogP contribution in [0.2, 0.25) is 0 Å². The fraction of sp³-hybridized carbons (Fsp3) is 0.345. The van der Waals surface area contributed by atoms with Gasteiger partial charge in [0.15, 0.2) is 0 Å². The Balaban J connectivity index is 0.987. The highest BCUT2D eigenvalue weighted by Gasteiger charge is 2.34. The van der Waals surface area contributed by atoms with Gasteiger partial charge in [-0.2, -0.15) is 0 Å². The van der Waals surface area contributed by atoms with E-state index in [0.717, 1.165) is 73.0 Å². The first kappa shape index (κ1) is 24.4. The summed E-state index contributed by atoms with van der Waals surface area (Å²) in [6.07, 6.45) is 7.24. The van der Waals surface area contributed by atoms with Crippen LogP contribution in [0.1, 0.15) is 31.2 Å². The first-order chi connectivity index (χ1) is 18.5. The van der Waals surface area contributed by atoms with Crippen LogP contribution in [0, 0.1) is 11.7 Å². The van der Waals surface area contributed by atoms with Gasteiger partial charge in [-0.15, -0.1) is 0 Å². The van der Waals surface area contributed by atoms with Crippen molar-refractivity contribution in [2.45, 2.75) is 44.3 Å². The van der Waals surface area contributed by atoms with Crippen LogP contribution in [-0.4, -0.2) is 50.9 Å². The molecule has 4 N–H and O–H groups in total. The van der Waals surface area contributed by atoms with Crippen molar-refractivity contribution in [1.82, 2.24) is 25.2 Å². The highest BCUT2D eigenvalue weighted by molar-refractivity contribution is 5.93. The van der Waals surface area contributed by atoms with E-state index in [1.165, 1.54) is 12.1 Å². The number of nitrogens with one attached hydrogen (secondary N) is 4. The summed E-state index contributed by atoms with van der Waals surface area (Å²) in [5, 5.41) is 7.72. The van der Waals surface area contributed by atoms with Gasteiger partial charge in [-0.25, -0.2) is 9.37 Å². The van der Waals surface area contributed by atoms with E-state index in [2.05, 4.69) is 30.5 Å². The number of anilines is 1. The second kappa shape index (κ2) is 10.4. The lowest BCUT2D eigenvalue weighted by Crippen LogP contribution is -2.55. The molecule has 8 nitrogen and oxygen atoms in total. The molecule has 0 atom stereocenters. The van der Waals surface area contributed by atoms with Crippen molar-refractivity contribution in [2.75, 3.05) is 18.4 Å². The maximum atomic E-state index is 13.1. The Labute approximate surface area is 219 Å². The molecule has 4 heterocycles. The number of fused-ring (bicyclic) bond motifs is 1. The van der Waals surface area contributed by atoms with Crippen molar-refractivity contribution in [1.29, 1.82) is 0 Å². The number of rotatable bonds is 7. The van der Waals surface area contributed by atoms with E-state index >= 15 is 0 Å². The van der Waals surface area contributed by atoms with Crippen molar-refractivity contribution in [3.05, 3.63) is 82.7 Å². The summed E-state index contributed by atoms with van der Waals surface area (Å²) in [4.78, 5) is 37.8. The summed E-state index contributed by atoms with van der Waals surface area (Å²) in [5.41, 5.74) is 3.48. The number of hydrogen-bond acceptors (Lipinski definition) is 5. The van der Waals surface area contributed by atoms with E-state index in [4.69, 9.17) is 0 Å². The normalized spacial score (nSPS) is 20.2. The smallest absolute Gasteiger partial charge is 0.250 e. The molecular formula is C29H31FN6O2. The third-order valence-electron chi connectivity index (χ3n) is 7.69. The second-order valence-electron chi connectivity index (χ2n) is 10.5. The Morgan fingerprint density at radius 1 is 1.05 bits per heavy atom. The Morgan fingerprint density at radius 3 is 2.61 bits per heavy atom. The summed E-state index contributed by atoms with van der Waals surface area (Å²) in [7, 11) is 0. The number of likely N-dealkylation sites (tertiary alicyclic amines) is 1. The molecule has 2 aliphatic rings. The number of pyridine rings is 2. The average Bonchev–Trinajstić information content (AvgIpc) is 3.32. The zero-order valence-electron chi connectivity index (χ0n) is 21.0. The van der Waals surface area contributed by atoms with E-state index < -0.39 is 0 Å². The van der Waals surface area contributed by atoms with Gasteiger partial charge in [-0.3, -0.25) is 14.5 Å². The van der Waals surface area contributed by atoms with Gasteiger partial charge in [0.05, 0.1) is 5.92 Å². The number of nitrogens with zero attached hydrogens (tertiary/aromatic N) is 2. The molecular weight excluding hydrogens is 483 g/mol. The van der Waals surface area contributed by atoms with E-state index in [1.807, 2.05) is 24.4 Å². The molecule has 1 aliphatic carbocycles. The number of hydrogen-bond donors (Lipinski definition) is 4. The van der Waals surface area contributed by atoms with E-state index in [1.54, 1.807) is 24.4 Å². The minimum absolute atomic E-state index is 0.0128. The summed E-state index contributed by atoms with van der Waals surface area (Å²) in [6, 6.07) is 14.4. The van der Waals surface area contributed by atoms with Crippen LogP contribution >= 0.6 is 0 Å². The van der Waals surface area contributed by atoms with Crippen LogP contribution in [-0.2, 0) is 11.3 Å². The molecule has 2 fully saturated rings. The van der Waals surface area contributed by atoms with Crippen molar-refractivity contribution in [2.24, 2.45) is 5.92 Å². The molecule has 9 heteroatoms. The molecule has 1 amide bonds. The molecule has 1 aromatic carbocycles. The van der Waals surface area contributed by atoms with Gasteiger partial charge in [0.1, 0.15) is 17.3 Å². The minimum atomic E-state index is -0.232. The number of amides is 1. The third kappa shape index (κ3) is 5.33. The Hall–Kier alpha value is -3.98. The number of carbonyl (C=O) groups excluding carboxylic acids is 1. The molecule has 0 spiro atoms. The monoisotopic (exact) mass is 514 g/mol. The molecule has 0 bridgehead atoms. The number of aromatic amines is 2. The van der Waals surface area contributed by atoms with Gasteiger partial charge in [0.25, 0.3) is 0 Å². The predicted molar refractivity (Wildman–Crippen MR) is 145 cm³/mol. The van der Waals surface area contributed by atoms with Crippen molar-refractivity contribution < 1.29 is 9.18 Å². The number of carbonyl (C=O) groups is 1. The molecule has 0 radical (unpaired) electrons. The summed E-state index contributed by atoms with van der Waals surface area (Å²) >= 11 is 0. The molecule has 6 rings (SSSR count). The first-order valence-corrected chi connectivity index (χ1v) is 13.2. The zero-order valence-corrected chi connectivity index (χ0v) is 21.0. The largest absolute Gasteiger partial charge is 0.369 e. The lowest BCUT2D eigenvalue weighted by molar-refractivity contribution is -0.131. The number of H-pyrrole nitrogens is 2. The molecule has 0 unspecified atom stereocenters. The fourth-order valence-electron chi connectivity index (χ4n) is 5.61. The summed E-state index contributed by atoms with van der Waals surface area (Å²) in [5.74, 6) is 0.610. The van der Waals surface area contributed by atoms with Crippen LogP contribution < -0.4 is 16.2 Å². The summed E-state index contributed by atoms with van der Waals surface area (Å²) < 4.78 is 13.1. The van der Waals surface area contributed by atoms with Crippen LogP contribution in [0.25, 0.3) is 22.2 Å². The Bertz CT molecular complexity index is 1480. The Kier molecular flexibility index (Phi) is 6.68. The average molecular weight is 515 g/mol. The molecule has 38 heavy (non-hydrogen) atoms. The van der Waals surface area contributed by atoms with Crippen LogP contribution in [0.15, 0.2) is 65.7 Å². The maximum Gasteiger partial charge on any atom is 0.250 e. The van der Waals surface area contributed by atoms with Gasteiger partial charge >= 0.3 is 0 Å². The lowest BCUT2D eigenvalue weighted by Gasteiger charge is -2.39. The number of aromatic nitrogens is 3. The minimum Gasteiger partial charge on any atom is -0.369 e. The summed E-state index contributed by atoms with van der Waals surface area (Å²) in [6.45, 7) is 2.20. The number of halogens is 1. The van der Waals surface area contributed by atoms with Gasteiger partial charge < -0.3 is 20.6 Å². The van der Waals surface area contributed by atoms with Gasteiger partial charge in [-0.1, -0.05) is 12.1 Å². The second-order valence-corrected chi connectivity index (χ2v) is 10.5. The maximum absolute atomic E-state index is 13.1. The Morgan fingerprint density at radius 2 is 1.82 bits per heavy atom. The fourth-order valence-corrected chi connectivity index (χ4v) is 5.61. The van der Waals surface area contributed by atoms with Gasteiger partial charge in [0.2, 0.25) is 11.5 Å². The molecule has 4 aromatic rings. The standard InChI is InChI=1S/C29H31FN6O2/c30-21-5-3-18(4-6-21)15-36-16-20(17-36)29(38)34-23-9-7-22(8-10-23)33-26-12-19(13-27(37)35-26)25-14-32-28-24(25)2-1-11-31-28/h1-6,11-14,20,22-23H,7-10,15-17H2,(H,31,32)(H,34,38)(H2,33,35,37). The van der Waals surface area contributed by atoms with E-state index in [9.17, 15) is 14.0 Å². The van der Waals surface area contributed by atoms with Gasteiger partial charge in [0, 0.05) is 61.1 Å². The highest BCUT2D eigenvalue weighted by Crippen LogP contribution is 2.29.